The molecular weight excluding hydrogens is 444 g/mol. The van der Waals surface area contributed by atoms with Crippen LogP contribution < -0.4 is 4.90 Å². The Morgan fingerprint density at radius 3 is 2.42 bits per heavy atom. The number of hydrogen-bond donors (Lipinski definition) is 1. The second-order valence-corrected chi connectivity index (χ2v) is 8.48. The summed E-state index contributed by atoms with van der Waals surface area (Å²) in [5.74, 6) is -2.53. The van der Waals surface area contributed by atoms with Crippen molar-refractivity contribution in [1.82, 2.24) is 4.90 Å². The van der Waals surface area contributed by atoms with Crippen molar-refractivity contribution in [2.75, 3.05) is 31.7 Å². The minimum atomic E-state index is -1.74. The predicted octanol–water partition coefficient (Wildman–Crippen LogP) is 3.71. The van der Waals surface area contributed by atoms with Gasteiger partial charge in [0.1, 0.15) is 5.76 Å². The Labute approximate surface area is 197 Å². The number of carbonyl (C=O) groups excluding carboxylic acids is 3. The van der Waals surface area contributed by atoms with Crippen molar-refractivity contribution in [3.8, 4) is 0 Å². The van der Waals surface area contributed by atoms with Crippen LogP contribution in [0.25, 0.3) is 5.76 Å². The summed E-state index contributed by atoms with van der Waals surface area (Å²) < 4.78 is 5.13. The van der Waals surface area contributed by atoms with E-state index in [1.54, 1.807) is 54.5 Å². The summed E-state index contributed by atoms with van der Waals surface area (Å²) in [7, 11) is 1.55. The molecule has 0 saturated carbocycles. The minimum absolute atomic E-state index is 0.121. The van der Waals surface area contributed by atoms with Crippen LogP contribution in [0.5, 0.6) is 0 Å². The van der Waals surface area contributed by atoms with Crippen LogP contribution in [0.4, 0.5) is 5.69 Å². The second kappa shape index (κ2) is 9.00. The van der Waals surface area contributed by atoms with Gasteiger partial charge < -0.3 is 19.6 Å². The number of benzene rings is 2. The van der Waals surface area contributed by atoms with Crippen LogP contribution in [-0.4, -0.2) is 54.4 Å². The number of amides is 2. The van der Waals surface area contributed by atoms with Crippen molar-refractivity contribution >= 4 is 40.6 Å². The van der Waals surface area contributed by atoms with E-state index in [1.165, 1.54) is 4.90 Å². The number of rotatable bonds is 7. The molecule has 8 heteroatoms. The summed E-state index contributed by atoms with van der Waals surface area (Å²) >= 11 is 5.99. The number of carbonyl (C=O) groups is 3. The number of ether oxygens (including phenoxy) is 1. The van der Waals surface area contributed by atoms with Crippen LogP contribution in [0, 0.1) is 0 Å². The Bertz CT molecular complexity index is 1140. The average Bonchev–Trinajstić information content (AvgIpc) is 3.19. The fourth-order valence-corrected chi connectivity index (χ4v) is 4.86. The monoisotopic (exact) mass is 468 g/mol. The van der Waals surface area contributed by atoms with Crippen molar-refractivity contribution in [3.05, 3.63) is 70.3 Å². The molecule has 0 aromatic heterocycles. The maximum absolute atomic E-state index is 14.1. The minimum Gasteiger partial charge on any atom is -0.507 e. The van der Waals surface area contributed by atoms with Gasteiger partial charge >= 0.3 is 0 Å². The van der Waals surface area contributed by atoms with E-state index in [9.17, 15) is 19.5 Å². The zero-order valence-corrected chi connectivity index (χ0v) is 19.3. The second-order valence-electron chi connectivity index (χ2n) is 8.05. The third-order valence-electron chi connectivity index (χ3n) is 6.10. The highest BCUT2D eigenvalue weighted by Crippen LogP contribution is 2.53. The molecule has 2 aromatic rings. The largest absolute Gasteiger partial charge is 0.507 e. The number of fused-ring (bicyclic) bond motifs is 2. The zero-order valence-electron chi connectivity index (χ0n) is 18.5. The molecule has 7 nitrogen and oxygen atoms in total. The molecule has 1 atom stereocenters. The van der Waals surface area contributed by atoms with Crippen molar-refractivity contribution in [2.45, 2.75) is 25.3 Å². The van der Waals surface area contributed by atoms with Gasteiger partial charge in [-0.2, -0.15) is 0 Å². The quantitative estimate of drug-likeness (QED) is 0.290. The van der Waals surface area contributed by atoms with Gasteiger partial charge in [-0.25, -0.2) is 0 Å². The highest BCUT2D eigenvalue weighted by molar-refractivity contribution is 6.50. The zero-order chi connectivity index (χ0) is 23.8. The lowest BCUT2D eigenvalue weighted by atomic mass is 9.82. The van der Waals surface area contributed by atoms with Gasteiger partial charge in [0.15, 0.2) is 5.54 Å². The molecule has 0 bridgehead atoms. The lowest BCUT2D eigenvalue weighted by Crippen LogP contribution is -2.52. The van der Waals surface area contributed by atoms with E-state index in [1.807, 2.05) is 13.0 Å². The van der Waals surface area contributed by atoms with Crippen LogP contribution >= 0.6 is 11.6 Å². The molecule has 1 unspecified atom stereocenters. The van der Waals surface area contributed by atoms with Crippen LogP contribution in [0.3, 0.4) is 0 Å². The summed E-state index contributed by atoms with van der Waals surface area (Å²) in [5.41, 5.74) is -0.519. The lowest BCUT2D eigenvalue weighted by molar-refractivity contribution is -0.143. The predicted molar refractivity (Wildman–Crippen MR) is 125 cm³/mol. The summed E-state index contributed by atoms with van der Waals surface area (Å²) in [6, 6.07) is 13.4. The summed E-state index contributed by atoms with van der Waals surface area (Å²) in [4.78, 5) is 43.6. The molecule has 2 aliphatic rings. The Balaban J connectivity index is 2.01. The fraction of sp³-hybridized carbons (Fsp3) is 0.320. The summed E-state index contributed by atoms with van der Waals surface area (Å²) in [6.45, 7) is 2.84. The highest BCUT2D eigenvalue weighted by Gasteiger charge is 2.66. The van der Waals surface area contributed by atoms with E-state index >= 15 is 0 Å². The first kappa shape index (κ1) is 23.0. The Kier molecular flexibility index (Phi) is 6.28. The van der Waals surface area contributed by atoms with Crippen LogP contribution in [0.1, 0.15) is 30.9 Å². The SMILES string of the molecule is CCCN1C(=O)C2(C(=C(O)c3ccc(Cl)cc3)C(=O)C(=O)N2CCCOC)c2ccccc21. The first-order valence-corrected chi connectivity index (χ1v) is 11.2. The molecule has 2 amide bonds. The first-order valence-electron chi connectivity index (χ1n) is 10.9. The standard InChI is InChI=1S/C25H25ClN2O5/c1-3-13-27-19-8-5-4-7-18(19)25(24(27)32)20(21(29)16-9-11-17(26)12-10-16)22(30)23(31)28(25)14-6-15-33-2/h4-5,7-12,29H,3,6,13-15H2,1-2H3. The number of Topliss-reactive ketones (excluding diaryl/α,β-unsaturated/α-hetero) is 1. The van der Waals surface area contributed by atoms with Gasteiger partial charge in [0, 0.05) is 43.0 Å². The number of ketones is 1. The molecule has 1 fully saturated rings. The van der Waals surface area contributed by atoms with Gasteiger partial charge in [-0.1, -0.05) is 36.7 Å². The molecule has 0 radical (unpaired) electrons. The normalized spacial score (nSPS) is 21.4. The number of aliphatic hydroxyl groups is 1. The summed E-state index contributed by atoms with van der Waals surface area (Å²) in [6.07, 6.45) is 1.11. The van der Waals surface area contributed by atoms with Crippen LogP contribution in [0.15, 0.2) is 54.1 Å². The van der Waals surface area contributed by atoms with Crippen LogP contribution in [0.2, 0.25) is 5.02 Å². The molecule has 33 heavy (non-hydrogen) atoms. The van der Waals surface area contributed by atoms with E-state index in [2.05, 4.69) is 0 Å². The number of para-hydroxylation sites is 1. The van der Waals surface area contributed by atoms with Crippen molar-refractivity contribution in [3.63, 3.8) is 0 Å². The van der Waals surface area contributed by atoms with E-state index in [-0.39, 0.29) is 12.1 Å². The van der Waals surface area contributed by atoms with E-state index in [0.29, 0.717) is 47.8 Å². The third-order valence-corrected chi connectivity index (χ3v) is 6.36. The molecule has 2 aliphatic heterocycles. The first-order chi connectivity index (χ1) is 15.9. The molecular formula is C25H25ClN2O5. The fourth-order valence-electron chi connectivity index (χ4n) is 4.73. The maximum Gasteiger partial charge on any atom is 0.296 e. The van der Waals surface area contributed by atoms with Gasteiger partial charge in [-0.05, 0) is 43.2 Å². The molecule has 1 N–H and O–H groups in total. The molecule has 1 spiro atoms. The van der Waals surface area contributed by atoms with Crippen molar-refractivity contribution in [2.24, 2.45) is 0 Å². The molecule has 4 rings (SSSR count). The number of aliphatic hydroxyl groups excluding tert-OH is 1. The number of methoxy groups -OCH3 is 1. The van der Waals surface area contributed by atoms with Gasteiger partial charge in [0.2, 0.25) is 0 Å². The maximum atomic E-state index is 14.1. The van der Waals surface area contributed by atoms with E-state index < -0.39 is 28.9 Å². The Hall–Kier alpha value is -3.16. The topological polar surface area (TPSA) is 87.2 Å². The molecule has 1 saturated heterocycles. The number of halogens is 1. The smallest absolute Gasteiger partial charge is 0.296 e. The highest BCUT2D eigenvalue weighted by atomic mass is 35.5. The number of likely N-dealkylation sites (tertiary alicyclic amines) is 1. The number of nitrogens with zero attached hydrogens (tertiary/aromatic N) is 2. The van der Waals surface area contributed by atoms with Gasteiger partial charge in [-0.15, -0.1) is 0 Å². The Morgan fingerprint density at radius 1 is 1.06 bits per heavy atom. The molecule has 2 heterocycles. The van der Waals surface area contributed by atoms with Gasteiger partial charge in [0.05, 0.1) is 11.3 Å². The Morgan fingerprint density at radius 2 is 1.76 bits per heavy atom. The van der Waals surface area contributed by atoms with Crippen LogP contribution in [-0.2, 0) is 24.7 Å². The molecule has 0 aliphatic carbocycles. The van der Waals surface area contributed by atoms with Crippen molar-refractivity contribution < 1.29 is 24.2 Å². The average molecular weight is 469 g/mol. The van der Waals surface area contributed by atoms with E-state index in [4.69, 9.17) is 16.3 Å². The molecule has 172 valence electrons. The van der Waals surface area contributed by atoms with Gasteiger partial charge in [-0.3, -0.25) is 14.4 Å². The summed E-state index contributed by atoms with van der Waals surface area (Å²) in [5, 5.41) is 11.8. The lowest BCUT2D eigenvalue weighted by Gasteiger charge is -2.34. The number of anilines is 1. The van der Waals surface area contributed by atoms with Gasteiger partial charge in [0.25, 0.3) is 17.6 Å². The molecule has 2 aromatic carbocycles. The van der Waals surface area contributed by atoms with Crippen molar-refractivity contribution in [1.29, 1.82) is 0 Å². The van der Waals surface area contributed by atoms with E-state index in [0.717, 1.165) is 0 Å². The number of hydrogen-bond acceptors (Lipinski definition) is 5. The third kappa shape index (κ3) is 3.43.